The summed E-state index contributed by atoms with van der Waals surface area (Å²) in [6.45, 7) is 0.590. The van der Waals surface area contributed by atoms with Gasteiger partial charge in [0.1, 0.15) is 11.6 Å². The van der Waals surface area contributed by atoms with Gasteiger partial charge in [-0.3, -0.25) is 0 Å². The van der Waals surface area contributed by atoms with E-state index in [9.17, 15) is 4.39 Å². The highest BCUT2D eigenvalue weighted by atomic mass is 35.5. The molecule has 0 amide bonds. The van der Waals surface area contributed by atoms with Crippen LogP contribution in [-0.2, 0) is 6.54 Å². The van der Waals surface area contributed by atoms with Crippen LogP contribution in [0.5, 0.6) is 5.75 Å². The van der Waals surface area contributed by atoms with Crippen LogP contribution in [0.2, 0.25) is 5.02 Å². The minimum Gasteiger partial charge on any atom is -0.497 e. The van der Waals surface area contributed by atoms with Crippen LogP contribution in [-0.4, -0.2) is 7.11 Å². The molecular formula is C14H13ClFNO. The third-order valence-electron chi connectivity index (χ3n) is 2.57. The van der Waals surface area contributed by atoms with Crippen molar-refractivity contribution in [3.63, 3.8) is 0 Å². The number of nitrogens with one attached hydrogen (secondary N) is 1. The third kappa shape index (κ3) is 3.14. The molecule has 0 aliphatic carbocycles. The Kier molecular flexibility index (Phi) is 4.05. The minimum absolute atomic E-state index is 0.143. The summed E-state index contributed by atoms with van der Waals surface area (Å²) < 4.78 is 18.1. The fourth-order valence-electron chi connectivity index (χ4n) is 1.56. The third-order valence-corrected chi connectivity index (χ3v) is 2.86. The van der Waals surface area contributed by atoms with Crippen molar-refractivity contribution in [3.8, 4) is 5.75 Å². The predicted molar refractivity (Wildman–Crippen MR) is 71.7 cm³/mol. The number of benzene rings is 2. The lowest BCUT2D eigenvalue weighted by Crippen LogP contribution is -1.99. The maximum absolute atomic E-state index is 13.0. The molecule has 0 spiro atoms. The lowest BCUT2D eigenvalue weighted by atomic mass is 10.2. The van der Waals surface area contributed by atoms with E-state index < -0.39 is 5.82 Å². The molecule has 0 aliphatic heterocycles. The number of hydrogen-bond donors (Lipinski definition) is 1. The normalized spacial score (nSPS) is 10.2. The smallest absolute Gasteiger partial charge is 0.141 e. The van der Waals surface area contributed by atoms with Gasteiger partial charge in [-0.15, -0.1) is 0 Å². The molecule has 0 aromatic heterocycles. The first-order valence-electron chi connectivity index (χ1n) is 5.51. The molecule has 4 heteroatoms. The number of hydrogen-bond acceptors (Lipinski definition) is 2. The molecule has 0 fully saturated rings. The van der Waals surface area contributed by atoms with Crippen LogP contribution in [0.25, 0.3) is 0 Å². The summed E-state index contributed by atoms with van der Waals surface area (Å²) >= 11 is 5.72. The van der Waals surface area contributed by atoms with E-state index in [-0.39, 0.29) is 5.02 Å². The van der Waals surface area contributed by atoms with Crippen LogP contribution >= 0.6 is 11.6 Å². The van der Waals surface area contributed by atoms with Gasteiger partial charge in [-0.2, -0.15) is 0 Å². The Morgan fingerprint density at radius 2 is 1.89 bits per heavy atom. The van der Waals surface area contributed by atoms with Gasteiger partial charge in [0.15, 0.2) is 0 Å². The molecule has 2 aromatic carbocycles. The van der Waals surface area contributed by atoms with E-state index in [0.717, 1.165) is 17.0 Å². The average molecular weight is 266 g/mol. The van der Waals surface area contributed by atoms with E-state index in [1.165, 1.54) is 6.07 Å². The van der Waals surface area contributed by atoms with Crippen molar-refractivity contribution < 1.29 is 9.13 Å². The Hall–Kier alpha value is -1.74. The Balaban J connectivity index is 1.99. The average Bonchev–Trinajstić information content (AvgIpc) is 2.41. The summed E-state index contributed by atoms with van der Waals surface area (Å²) in [5, 5.41) is 3.36. The molecule has 0 heterocycles. The highest BCUT2D eigenvalue weighted by molar-refractivity contribution is 6.30. The van der Waals surface area contributed by atoms with Crippen molar-refractivity contribution in [1.29, 1.82) is 0 Å². The number of rotatable bonds is 4. The van der Waals surface area contributed by atoms with Gasteiger partial charge in [0.05, 0.1) is 12.1 Å². The molecule has 0 aliphatic rings. The van der Waals surface area contributed by atoms with Crippen molar-refractivity contribution in [2.24, 2.45) is 0 Å². The fourth-order valence-corrected chi connectivity index (χ4v) is 1.77. The summed E-state index contributed by atoms with van der Waals surface area (Å²) in [6, 6.07) is 12.3. The first-order chi connectivity index (χ1) is 8.69. The summed E-state index contributed by atoms with van der Waals surface area (Å²) in [5.41, 5.74) is 1.90. The first-order valence-corrected chi connectivity index (χ1v) is 5.88. The lowest BCUT2D eigenvalue weighted by molar-refractivity contribution is 0.415. The van der Waals surface area contributed by atoms with Crippen molar-refractivity contribution >= 4 is 17.3 Å². The quantitative estimate of drug-likeness (QED) is 0.899. The molecule has 2 nitrogen and oxygen atoms in total. The zero-order valence-electron chi connectivity index (χ0n) is 9.91. The zero-order chi connectivity index (χ0) is 13.0. The summed E-state index contributed by atoms with van der Waals surface area (Å²) in [5.74, 6) is 0.412. The number of anilines is 1. The molecule has 0 saturated carbocycles. The maximum atomic E-state index is 13.0. The highest BCUT2D eigenvalue weighted by Crippen LogP contribution is 2.18. The molecule has 0 saturated heterocycles. The van der Waals surface area contributed by atoms with Gasteiger partial charge in [-0.1, -0.05) is 17.7 Å². The molecule has 0 bridgehead atoms. The Morgan fingerprint density at radius 1 is 1.17 bits per heavy atom. The van der Waals surface area contributed by atoms with Crippen LogP contribution in [0.15, 0.2) is 42.5 Å². The van der Waals surface area contributed by atoms with Gasteiger partial charge in [0.2, 0.25) is 0 Å². The van der Waals surface area contributed by atoms with Crippen LogP contribution < -0.4 is 10.1 Å². The van der Waals surface area contributed by atoms with Gasteiger partial charge in [-0.25, -0.2) is 4.39 Å². The van der Waals surface area contributed by atoms with Crippen molar-refractivity contribution in [1.82, 2.24) is 0 Å². The van der Waals surface area contributed by atoms with Gasteiger partial charge >= 0.3 is 0 Å². The number of halogens is 2. The second-order valence-electron chi connectivity index (χ2n) is 3.83. The highest BCUT2D eigenvalue weighted by Gasteiger charge is 2.01. The Labute approximate surface area is 110 Å². The van der Waals surface area contributed by atoms with Gasteiger partial charge < -0.3 is 10.1 Å². The molecule has 0 atom stereocenters. The first kappa shape index (κ1) is 12.7. The zero-order valence-corrected chi connectivity index (χ0v) is 10.7. The van der Waals surface area contributed by atoms with Crippen LogP contribution in [0, 0.1) is 5.82 Å². The summed E-state index contributed by atoms with van der Waals surface area (Å²) in [4.78, 5) is 0. The van der Waals surface area contributed by atoms with Crippen LogP contribution in [0.4, 0.5) is 10.1 Å². The maximum Gasteiger partial charge on any atom is 0.141 e. The summed E-state index contributed by atoms with van der Waals surface area (Å²) in [6.07, 6.45) is 0. The molecule has 18 heavy (non-hydrogen) atoms. The van der Waals surface area contributed by atoms with Crippen LogP contribution in [0.3, 0.4) is 0 Å². The van der Waals surface area contributed by atoms with Gasteiger partial charge in [0, 0.05) is 12.2 Å². The minimum atomic E-state index is -0.398. The van der Waals surface area contributed by atoms with E-state index in [1.807, 2.05) is 24.3 Å². The predicted octanol–water partition coefficient (Wildman–Crippen LogP) is 4.10. The SMILES string of the molecule is COc1ccc(NCc2ccc(F)c(Cl)c2)cc1. The molecule has 2 rings (SSSR count). The van der Waals surface area contributed by atoms with E-state index in [2.05, 4.69) is 5.32 Å². The second kappa shape index (κ2) is 5.74. The number of ether oxygens (including phenoxy) is 1. The molecule has 0 radical (unpaired) electrons. The van der Waals surface area contributed by atoms with Crippen molar-refractivity contribution in [2.45, 2.75) is 6.54 Å². The van der Waals surface area contributed by atoms with Gasteiger partial charge in [-0.05, 0) is 42.0 Å². The van der Waals surface area contributed by atoms with Gasteiger partial charge in [0.25, 0.3) is 0 Å². The second-order valence-corrected chi connectivity index (χ2v) is 4.24. The van der Waals surface area contributed by atoms with Crippen LogP contribution in [0.1, 0.15) is 5.56 Å². The molecular weight excluding hydrogens is 253 g/mol. The van der Waals surface area contributed by atoms with Crippen molar-refractivity contribution in [2.75, 3.05) is 12.4 Å². The monoisotopic (exact) mass is 265 g/mol. The molecule has 2 aromatic rings. The van der Waals surface area contributed by atoms with E-state index in [1.54, 1.807) is 19.2 Å². The number of methoxy groups -OCH3 is 1. The summed E-state index contributed by atoms with van der Waals surface area (Å²) in [7, 11) is 1.63. The van der Waals surface area contributed by atoms with Crippen molar-refractivity contribution in [3.05, 3.63) is 58.9 Å². The van der Waals surface area contributed by atoms with E-state index in [4.69, 9.17) is 16.3 Å². The standard InChI is InChI=1S/C14H13ClFNO/c1-18-12-5-3-11(4-6-12)17-9-10-2-7-14(16)13(15)8-10/h2-8,17H,9H2,1H3. The lowest BCUT2D eigenvalue weighted by Gasteiger charge is -2.08. The Bertz CT molecular complexity index is 528. The van der Waals surface area contributed by atoms with E-state index >= 15 is 0 Å². The Morgan fingerprint density at radius 3 is 2.50 bits per heavy atom. The topological polar surface area (TPSA) is 21.3 Å². The largest absolute Gasteiger partial charge is 0.497 e. The van der Waals surface area contributed by atoms with E-state index in [0.29, 0.717) is 6.54 Å². The molecule has 1 N–H and O–H groups in total. The fraction of sp³-hybridized carbons (Fsp3) is 0.143. The molecule has 0 unspecified atom stereocenters. The molecule has 94 valence electrons.